The lowest BCUT2D eigenvalue weighted by Gasteiger charge is -2.51. The zero-order chi connectivity index (χ0) is 26.8. The number of likely N-dealkylation sites (tertiary alicyclic amines) is 1. The summed E-state index contributed by atoms with van der Waals surface area (Å²) in [6, 6.07) is 16.5. The van der Waals surface area contributed by atoms with Gasteiger partial charge in [-0.25, -0.2) is 0 Å². The number of carbonyl (C=O) groups is 2. The Hall–Kier alpha value is -2.96. The van der Waals surface area contributed by atoms with E-state index in [0.717, 1.165) is 22.0 Å². The summed E-state index contributed by atoms with van der Waals surface area (Å²) in [6.07, 6.45) is 3.02. The molecule has 1 aliphatic heterocycles. The van der Waals surface area contributed by atoms with Crippen LogP contribution >= 0.6 is 11.6 Å². The Balaban J connectivity index is 1.42. The van der Waals surface area contributed by atoms with Gasteiger partial charge in [0.25, 0.3) is 0 Å². The number of halogens is 1. The fourth-order valence-electron chi connectivity index (χ4n) is 5.35. The Bertz CT molecular complexity index is 1270. The van der Waals surface area contributed by atoms with Crippen LogP contribution in [0.5, 0.6) is 0 Å². The fourth-order valence-corrected chi connectivity index (χ4v) is 5.47. The van der Waals surface area contributed by atoms with Crippen molar-refractivity contribution in [3.63, 3.8) is 0 Å². The van der Waals surface area contributed by atoms with Crippen LogP contribution in [0, 0.1) is 11.3 Å². The molecular weight excluding hydrogens is 486 g/mol. The van der Waals surface area contributed by atoms with E-state index in [2.05, 4.69) is 10.3 Å². The van der Waals surface area contributed by atoms with Gasteiger partial charge in [0.05, 0.1) is 11.1 Å². The second kappa shape index (κ2) is 10.8. The zero-order valence-electron chi connectivity index (χ0n) is 22.0. The highest BCUT2D eigenvalue weighted by molar-refractivity contribution is 6.30. The van der Waals surface area contributed by atoms with Crippen molar-refractivity contribution in [2.75, 3.05) is 13.1 Å². The minimum absolute atomic E-state index is 0.0709. The SMILES string of the molecule is CC(C)[C@@H](NC(=O)CCc1ccnc2ccccc12)C(=O)N1CC[C@](O)(c2ccc(Cl)cc2)C(C)(C)C1. The predicted octanol–water partition coefficient (Wildman–Crippen LogP) is 5.11. The standard InChI is InChI=1S/C30H36ClN3O3/c1-20(2)27(33-26(35)14-9-21-15-17-32-25-8-6-5-7-24(21)25)28(36)34-18-16-30(37,29(3,4)19-34)22-10-12-23(31)13-11-22/h5-8,10-13,15,17,20,27,37H,9,14,16,18-19H2,1-4H3,(H,33,35)/t27-,30+/m1/s1. The van der Waals surface area contributed by atoms with Gasteiger partial charge in [0.1, 0.15) is 6.04 Å². The van der Waals surface area contributed by atoms with Crippen LogP contribution in [0.4, 0.5) is 0 Å². The second-order valence-corrected chi connectivity index (χ2v) is 11.5. The lowest BCUT2D eigenvalue weighted by molar-refractivity contribution is -0.156. The Labute approximate surface area is 224 Å². The van der Waals surface area contributed by atoms with Crippen LogP contribution in [0.1, 0.15) is 51.7 Å². The summed E-state index contributed by atoms with van der Waals surface area (Å²) in [5.41, 5.74) is 1.08. The number of carbonyl (C=O) groups excluding carboxylic acids is 2. The van der Waals surface area contributed by atoms with Crippen LogP contribution in [0.25, 0.3) is 10.9 Å². The summed E-state index contributed by atoms with van der Waals surface area (Å²) in [7, 11) is 0. The number of hydrogen-bond acceptors (Lipinski definition) is 4. The van der Waals surface area contributed by atoms with E-state index < -0.39 is 17.1 Å². The molecule has 7 heteroatoms. The quantitative estimate of drug-likeness (QED) is 0.452. The number of aryl methyl sites for hydroxylation is 1. The molecule has 0 bridgehead atoms. The highest BCUT2D eigenvalue weighted by Crippen LogP contribution is 2.46. The molecule has 1 fully saturated rings. The van der Waals surface area contributed by atoms with Crippen LogP contribution in [0.2, 0.25) is 5.02 Å². The number of aromatic nitrogens is 1. The number of rotatable bonds is 7. The van der Waals surface area contributed by atoms with Crippen molar-refractivity contribution in [2.24, 2.45) is 11.3 Å². The minimum atomic E-state index is -1.09. The number of piperidine rings is 1. The third-order valence-electron chi connectivity index (χ3n) is 7.69. The molecule has 6 nitrogen and oxygen atoms in total. The molecule has 0 unspecified atom stereocenters. The molecule has 1 aromatic heterocycles. The molecule has 3 aromatic rings. The molecule has 2 heterocycles. The zero-order valence-corrected chi connectivity index (χ0v) is 22.8. The van der Waals surface area contributed by atoms with Crippen molar-refractivity contribution in [1.82, 2.24) is 15.2 Å². The molecule has 0 aliphatic carbocycles. The maximum Gasteiger partial charge on any atom is 0.245 e. The van der Waals surface area contributed by atoms with Gasteiger partial charge >= 0.3 is 0 Å². The summed E-state index contributed by atoms with van der Waals surface area (Å²) >= 11 is 6.05. The third kappa shape index (κ3) is 5.65. The van der Waals surface area contributed by atoms with Gasteiger partial charge in [0, 0.05) is 41.5 Å². The molecule has 2 N–H and O–H groups in total. The Kier molecular flexibility index (Phi) is 7.91. The summed E-state index contributed by atoms with van der Waals surface area (Å²) in [4.78, 5) is 32.7. The number of aliphatic hydroxyl groups is 1. The number of pyridine rings is 1. The molecule has 4 rings (SSSR count). The van der Waals surface area contributed by atoms with E-state index in [1.807, 2.05) is 70.2 Å². The maximum atomic E-state index is 13.6. The van der Waals surface area contributed by atoms with Gasteiger partial charge in [-0.15, -0.1) is 0 Å². The van der Waals surface area contributed by atoms with E-state index in [4.69, 9.17) is 11.6 Å². The highest BCUT2D eigenvalue weighted by atomic mass is 35.5. The van der Waals surface area contributed by atoms with E-state index >= 15 is 0 Å². The van der Waals surface area contributed by atoms with Crippen molar-refractivity contribution in [3.8, 4) is 0 Å². The number of fused-ring (bicyclic) bond motifs is 1. The van der Waals surface area contributed by atoms with Crippen LogP contribution in [0.3, 0.4) is 0 Å². The number of amides is 2. The van der Waals surface area contributed by atoms with Crippen molar-refractivity contribution in [1.29, 1.82) is 0 Å². The molecule has 0 saturated carbocycles. The topological polar surface area (TPSA) is 82.5 Å². The van der Waals surface area contributed by atoms with E-state index in [9.17, 15) is 14.7 Å². The largest absolute Gasteiger partial charge is 0.384 e. The van der Waals surface area contributed by atoms with E-state index in [0.29, 0.717) is 31.0 Å². The molecular formula is C30H36ClN3O3. The molecule has 2 atom stereocenters. The first kappa shape index (κ1) is 27.1. The highest BCUT2D eigenvalue weighted by Gasteiger charge is 2.50. The van der Waals surface area contributed by atoms with E-state index in [1.165, 1.54) is 0 Å². The third-order valence-corrected chi connectivity index (χ3v) is 7.94. The summed E-state index contributed by atoms with van der Waals surface area (Å²) in [5, 5.41) is 16.3. The van der Waals surface area contributed by atoms with Gasteiger partial charge in [0.2, 0.25) is 11.8 Å². The fraction of sp³-hybridized carbons (Fsp3) is 0.433. The number of nitrogens with one attached hydrogen (secondary N) is 1. The molecule has 0 radical (unpaired) electrons. The number of benzene rings is 2. The predicted molar refractivity (Wildman–Crippen MR) is 147 cm³/mol. The van der Waals surface area contributed by atoms with Crippen molar-refractivity contribution in [3.05, 3.63) is 76.9 Å². The van der Waals surface area contributed by atoms with E-state index in [1.54, 1.807) is 23.2 Å². The monoisotopic (exact) mass is 521 g/mol. The lowest BCUT2D eigenvalue weighted by Crippen LogP contribution is -2.60. The molecule has 37 heavy (non-hydrogen) atoms. The molecule has 2 aromatic carbocycles. The molecule has 2 amide bonds. The van der Waals surface area contributed by atoms with Gasteiger partial charge < -0.3 is 15.3 Å². The Morgan fingerprint density at radius 1 is 1.11 bits per heavy atom. The van der Waals surface area contributed by atoms with Crippen molar-refractivity contribution >= 4 is 34.3 Å². The molecule has 1 saturated heterocycles. The molecule has 196 valence electrons. The van der Waals surface area contributed by atoms with Gasteiger partial charge in [-0.1, -0.05) is 69.6 Å². The van der Waals surface area contributed by atoms with Gasteiger partial charge in [-0.3, -0.25) is 14.6 Å². The molecule has 0 spiro atoms. The first-order chi connectivity index (χ1) is 17.5. The first-order valence-electron chi connectivity index (χ1n) is 12.9. The van der Waals surface area contributed by atoms with Crippen LogP contribution in [0.15, 0.2) is 60.8 Å². The number of nitrogens with zero attached hydrogens (tertiary/aromatic N) is 2. The van der Waals surface area contributed by atoms with Gasteiger partial charge in [0.15, 0.2) is 0 Å². The number of hydrogen-bond donors (Lipinski definition) is 2. The average molecular weight is 522 g/mol. The van der Waals surface area contributed by atoms with Crippen LogP contribution in [-0.4, -0.2) is 45.9 Å². The Morgan fingerprint density at radius 3 is 2.49 bits per heavy atom. The maximum absolute atomic E-state index is 13.6. The lowest BCUT2D eigenvalue weighted by atomic mass is 9.66. The minimum Gasteiger partial charge on any atom is -0.384 e. The smallest absolute Gasteiger partial charge is 0.245 e. The van der Waals surface area contributed by atoms with Crippen LogP contribution < -0.4 is 5.32 Å². The van der Waals surface area contributed by atoms with Gasteiger partial charge in [-0.05, 0) is 54.2 Å². The van der Waals surface area contributed by atoms with E-state index in [-0.39, 0.29) is 24.2 Å². The second-order valence-electron chi connectivity index (χ2n) is 11.0. The Morgan fingerprint density at radius 2 is 1.81 bits per heavy atom. The number of para-hydroxylation sites is 1. The van der Waals surface area contributed by atoms with Crippen molar-refractivity contribution < 1.29 is 14.7 Å². The van der Waals surface area contributed by atoms with Gasteiger partial charge in [-0.2, -0.15) is 0 Å². The summed E-state index contributed by atoms with van der Waals surface area (Å²) < 4.78 is 0. The average Bonchev–Trinajstić information content (AvgIpc) is 2.87. The summed E-state index contributed by atoms with van der Waals surface area (Å²) in [5.74, 6) is -0.329. The first-order valence-corrected chi connectivity index (χ1v) is 13.3. The molecule has 1 aliphatic rings. The van der Waals surface area contributed by atoms with Crippen molar-refractivity contribution in [2.45, 2.75) is 58.6 Å². The van der Waals surface area contributed by atoms with Crippen LogP contribution in [-0.2, 0) is 21.6 Å². The summed E-state index contributed by atoms with van der Waals surface area (Å²) in [6.45, 7) is 8.62. The normalized spacial score (nSPS) is 20.1.